The molecule has 8 rings (SSSR count). The maximum absolute atomic E-state index is 9.33. The second-order valence-corrected chi connectivity index (χ2v) is 19.3. The molecule has 0 unspecified atom stereocenters. The molecule has 0 atom stereocenters. The predicted octanol–water partition coefficient (Wildman–Crippen LogP) is 13.4. The molecular formula is C51H55N5O+2. The molecule has 4 heterocycles. The van der Waals surface area contributed by atoms with Crippen LogP contribution in [0, 0.1) is 0 Å². The first kappa shape index (κ1) is 33.3. The minimum absolute atomic E-state index is 0.0694. The highest BCUT2D eigenvalue weighted by Gasteiger charge is 2.42. The van der Waals surface area contributed by atoms with Crippen molar-refractivity contribution in [3.05, 3.63) is 138 Å². The maximum atomic E-state index is 9.33. The molecule has 0 bridgehead atoms. The van der Waals surface area contributed by atoms with Gasteiger partial charge in [0, 0.05) is 53.1 Å². The first-order valence-corrected chi connectivity index (χ1v) is 19.8. The normalized spacial score (nSPS) is 14.5. The SMILES string of the molecule is [2H]c1c([2H])c([2H])c2c(c1[2H])[N+](c1cc(Oc3ccc4c5ncccc5n(-c5cc(C(C)(C)C)ccn5)c4c3)cc(C(C)(C)C)c1)=C=[N+]2c1c(C(C)(C)C)cccc1C(C)(C)C. The highest BCUT2D eigenvalue weighted by atomic mass is 16.5. The molecule has 0 spiro atoms. The lowest BCUT2D eigenvalue weighted by Crippen LogP contribution is -2.21. The Labute approximate surface area is 343 Å². The molecule has 0 fully saturated rings. The number of hydrogen-bond donors (Lipinski definition) is 0. The van der Waals surface area contributed by atoms with Gasteiger partial charge in [-0.25, -0.2) is 4.98 Å². The molecule has 3 aromatic heterocycles. The lowest BCUT2D eigenvalue weighted by Gasteiger charge is -2.25. The first-order valence-electron chi connectivity index (χ1n) is 21.8. The average molecular weight is 758 g/mol. The Kier molecular flexibility index (Phi) is 7.82. The van der Waals surface area contributed by atoms with E-state index in [-0.39, 0.29) is 45.8 Å². The van der Waals surface area contributed by atoms with Crippen LogP contribution in [0.25, 0.3) is 27.8 Å². The van der Waals surface area contributed by atoms with Crippen LogP contribution < -0.4 is 13.9 Å². The molecule has 0 aliphatic carbocycles. The quantitative estimate of drug-likeness (QED) is 0.164. The van der Waals surface area contributed by atoms with Crippen molar-refractivity contribution in [3.8, 4) is 17.3 Å². The van der Waals surface area contributed by atoms with E-state index in [1.807, 2.05) is 53.4 Å². The van der Waals surface area contributed by atoms with Crippen LogP contribution in [0.15, 0.2) is 115 Å². The van der Waals surface area contributed by atoms with Crippen molar-refractivity contribution in [2.45, 2.75) is 105 Å². The summed E-state index contributed by atoms with van der Waals surface area (Å²) in [7, 11) is 0. The molecule has 0 radical (unpaired) electrons. The summed E-state index contributed by atoms with van der Waals surface area (Å²) in [5.74, 6) is 1.99. The fourth-order valence-electron chi connectivity index (χ4n) is 7.64. The predicted molar refractivity (Wildman–Crippen MR) is 238 cm³/mol. The molecule has 0 N–H and O–H groups in total. The Balaban J connectivity index is 1.36. The number of pyridine rings is 2. The highest BCUT2D eigenvalue weighted by molar-refractivity contribution is 6.07. The van der Waals surface area contributed by atoms with Crippen LogP contribution in [0.1, 0.15) is 111 Å². The fraction of sp³-hybridized carbons (Fsp3) is 0.314. The Hall–Kier alpha value is -5.84. The van der Waals surface area contributed by atoms with E-state index in [0.29, 0.717) is 28.6 Å². The number of para-hydroxylation sites is 3. The number of nitrogens with zero attached hydrogens (tertiary/aromatic N) is 5. The number of benzene rings is 4. The maximum Gasteiger partial charge on any atom is 0.503 e. The topological polar surface area (TPSA) is 46.0 Å². The number of fused-ring (bicyclic) bond motifs is 4. The lowest BCUT2D eigenvalue weighted by molar-refractivity contribution is 0.479. The van der Waals surface area contributed by atoms with E-state index in [1.54, 1.807) is 4.58 Å². The van der Waals surface area contributed by atoms with Gasteiger partial charge in [-0.15, -0.1) is 0 Å². The van der Waals surface area contributed by atoms with E-state index >= 15 is 0 Å². The Morgan fingerprint density at radius 1 is 0.596 bits per heavy atom. The van der Waals surface area contributed by atoms with Gasteiger partial charge in [-0.3, -0.25) is 9.55 Å². The smallest absolute Gasteiger partial charge is 0.457 e. The molecule has 288 valence electrons. The largest absolute Gasteiger partial charge is 0.503 e. The summed E-state index contributed by atoms with van der Waals surface area (Å²) in [6.45, 7) is 26.0. The van der Waals surface area contributed by atoms with Gasteiger partial charge in [-0.05, 0) is 84.4 Å². The van der Waals surface area contributed by atoms with E-state index in [0.717, 1.165) is 50.1 Å². The van der Waals surface area contributed by atoms with Crippen LogP contribution >= 0.6 is 0 Å². The van der Waals surface area contributed by atoms with Gasteiger partial charge in [0.2, 0.25) is 11.4 Å². The molecule has 1 aliphatic rings. The van der Waals surface area contributed by atoms with Crippen LogP contribution in [-0.2, 0) is 21.7 Å². The van der Waals surface area contributed by atoms with Crippen LogP contribution in [0.5, 0.6) is 11.5 Å². The highest BCUT2D eigenvalue weighted by Crippen LogP contribution is 2.45. The van der Waals surface area contributed by atoms with E-state index in [4.69, 9.17) is 17.4 Å². The zero-order chi connectivity index (χ0) is 44.1. The summed E-state index contributed by atoms with van der Waals surface area (Å²) < 4.78 is 48.9. The number of hydrogen-bond acceptors (Lipinski definition) is 3. The minimum Gasteiger partial charge on any atom is -0.457 e. The third-order valence-electron chi connectivity index (χ3n) is 10.8. The molecule has 57 heavy (non-hydrogen) atoms. The van der Waals surface area contributed by atoms with Crippen molar-refractivity contribution in [1.29, 1.82) is 0 Å². The molecule has 6 heteroatoms. The Bertz CT molecular complexity index is 2990. The lowest BCUT2D eigenvalue weighted by atomic mass is 9.78. The summed E-state index contributed by atoms with van der Waals surface area (Å²) >= 11 is 0. The molecule has 0 saturated carbocycles. The van der Waals surface area contributed by atoms with Gasteiger partial charge in [0.1, 0.15) is 17.3 Å². The molecular weight excluding hydrogens is 699 g/mol. The molecule has 1 aliphatic heterocycles. The zero-order valence-corrected chi connectivity index (χ0v) is 35.3. The molecule has 0 amide bonds. The van der Waals surface area contributed by atoms with Crippen molar-refractivity contribution in [3.63, 3.8) is 0 Å². The van der Waals surface area contributed by atoms with E-state index < -0.39 is 0 Å². The summed E-state index contributed by atoms with van der Waals surface area (Å²) in [6, 6.07) is 29.3. The van der Waals surface area contributed by atoms with E-state index in [9.17, 15) is 2.74 Å². The summed E-state index contributed by atoms with van der Waals surface area (Å²) in [4.78, 5) is 9.62. The molecule has 7 aromatic rings. The van der Waals surface area contributed by atoms with Gasteiger partial charge in [0.15, 0.2) is 0 Å². The van der Waals surface area contributed by atoms with Crippen LogP contribution in [0.2, 0.25) is 0 Å². The molecule has 4 aromatic carbocycles. The zero-order valence-electron chi connectivity index (χ0n) is 39.3. The van der Waals surface area contributed by atoms with Crippen molar-refractivity contribution in [2.75, 3.05) is 0 Å². The standard InChI is InChI=1S/C51H55N5O/c1-48(2,3)33-24-26-52-45(29-33)56-43-21-16-25-53-46(43)38-23-22-36(31-44(38)56)57-37-28-34(49(4,5)6)27-35(30-37)54-32-55(42-20-14-13-19-41(42)54)47-39(50(7,8)9)17-15-18-40(47)51(10,11)12/h13-31H,1-12H3/q+2/i13D,14D,19D,20D. The summed E-state index contributed by atoms with van der Waals surface area (Å²) in [5, 5.41) is 0.979. The minimum atomic E-state index is -0.309. The van der Waals surface area contributed by atoms with Crippen LogP contribution in [0.3, 0.4) is 0 Å². The Morgan fingerprint density at radius 2 is 1.26 bits per heavy atom. The summed E-state index contributed by atoms with van der Waals surface area (Å²) in [6.07, 6.45) is 3.68. The molecule has 6 nitrogen and oxygen atoms in total. The van der Waals surface area contributed by atoms with Gasteiger partial charge in [0.05, 0.1) is 28.1 Å². The number of aromatic nitrogens is 3. The second kappa shape index (κ2) is 13.4. The second-order valence-electron chi connectivity index (χ2n) is 19.3. The third kappa shape index (κ3) is 6.97. The van der Waals surface area contributed by atoms with Gasteiger partial charge >= 0.3 is 6.01 Å². The van der Waals surface area contributed by atoms with Crippen molar-refractivity contribution < 1.29 is 10.2 Å². The van der Waals surface area contributed by atoms with Crippen LogP contribution in [0.4, 0.5) is 22.7 Å². The monoisotopic (exact) mass is 757 g/mol. The number of ether oxygens (including phenoxy) is 1. The van der Waals surface area contributed by atoms with Gasteiger partial charge in [0.25, 0.3) is 11.4 Å². The van der Waals surface area contributed by atoms with Crippen molar-refractivity contribution >= 4 is 50.7 Å². The van der Waals surface area contributed by atoms with Gasteiger partial charge < -0.3 is 4.74 Å². The van der Waals surface area contributed by atoms with Gasteiger partial charge in [-0.1, -0.05) is 113 Å². The third-order valence-corrected chi connectivity index (χ3v) is 10.8. The summed E-state index contributed by atoms with van der Waals surface area (Å²) in [5.41, 5.74) is 8.21. The van der Waals surface area contributed by atoms with Crippen molar-refractivity contribution in [1.82, 2.24) is 23.7 Å². The van der Waals surface area contributed by atoms with E-state index in [1.165, 1.54) is 5.56 Å². The van der Waals surface area contributed by atoms with Crippen molar-refractivity contribution in [2.24, 2.45) is 0 Å². The van der Waals surface area contributed by atoms with Gasteiger partial charge in [-0.2, -0.15) is 0 Å². The number of rotatable bonds is 5. The first-order chi connectivity index (χ1) is 28.4. The fourth-order valence-corrected chi connectivity index (χ4v) is 7.64. The molecule has 0 saturated heterocycles. The Morgan fingerprint density at radius 3 is 1.91 bits per heavy atom. The van der Waals surface area contributed by atoms with E-state index in [2.05, 4.69) is 136 Å². The van der Waals surface area contributed by atoms with Crippen LogP contribution in [-0.4, -0.2) is 20.5 Å². The average Bonchev–Trinajstić information content (AvgIpc) is 3.74.